The third-order valence-corrected chi connectivity index (χ3v) is 5.58. The molecule has 5 heteroatoms. The summed E-state index contributed by atoms with van der Waals surface area (Å²) in [5, 5.41) is 3.28. The van der Waals surface area contributed by atoms with Crippen LogP contribution in [0.4, 0.5) is 0 Å². The van der Waals surface area contributed by atoms with E-state index in [1.165, 1.54) is 7.11 Å². The number of dihydropyridines is 1. The van der Waals surface area contributed by atoms with Crippen LogP contribution in [0.15, 0.2) is 65.4 Å². The maximum atomic E-state index is 13.2. The molecule has 1 N–H and O–H groups in total. The van der Waals surface area contributed by atoms with Crippen molar-refractivity contribution >= 4 is 40.0 Å². The molecule has 4 rings (SSSR count). The van der Waals surface area contributed by atoms with Crippen molar-refractivity contribution in [3.05, 3.63) is 85.6 Å². The Hall–Kier alpha value is -2.41. The highest BCUT2D eigenvalue weighted by Crippen LogP contribution is 2.46. The van der Waals surface area contributed by atoms with Gasteiger partial charge in [0, 0.05) is 31.9 Å². The number of ketones is 1. The number of fused-ring (bicyclic) bond motifs is 2. The highest BCUT2D eigenvalue weighted by molar-refractivity contribution is 14.1. The number of ether oxygens (including phenoxy) is 1. The quantitative estimate of drug-likeness (QED) is 0.547. The van der Waals surface area contributed by atoms with E-state index in [1.54, 1.807) is 0 Å². The van der Waals surface area contributed by atoms with Gasteiger partial charge in [0.2, 0.25) is 0 Å². The molecule has 1 aliphatic carbocycles. The summed E-state index contributed by atoms with van der Waals surface area (Å²) in [5.41, 5.74) is 5.04. The minimum Gasteiger partial charge on any atom is -0.466 e. The molecule has 130 valence electrons. The summed E-state index contributed by atoms with van der Waals surface area (Å²) in [6, 6.07) is 15.4. The number of benzene rings is 2. The van der Waals surface area contributed by atoms with Gasteiger partial charge in [0.25, 0.3) is 0 Å². The zero-order valence-corrected chi connectivity index (χ0v) is 16.5. The predicted octanol–water partition coefficient (Wildman–Crippen LogP) is 4.03. The normalized spacial score (nSPS) is 18.4. The van der Waals surface area contributed by atoms with Crippen molar-refractivity contribution < 1.29 is 14.3 Å². The number of allylic oxidation sites excluding steroid dienone is 2. The summed E-state index contributed by atoms with van der Waals surface area (Å²) in [7, 11) is 1.36. The van der Waals surface area contributed by atoms with E-state index >= 15 is 0 Å². The first-order chi connectivity index (χ1) is 12.5. The Bertz CT molecular complexity index is 1000. The highest BCUT2D eigenvalue weighted by atomic mass is 127. The number of nitrogens with one attached hydrogen (secondary N) is 1. The number of halogens is 1. The molecule has 1 heterocycles. The molecule has 0 saturated heterocycles. The summed E-state index contributed by atoms with van der Waals surface area (Å²) < 4.78 is 6.12. The summed E-state index contributed by atoms with van der Waals surface area (Å²) in [6.07, 6.45) is 0. The molecule has 0 spiro atoms. The van der Waals surface area contributed by atoms with Crippen LogP contribution in [0.25, 0.3) is 5.70 Å². The number of esters is 1. The smallest absolute Gasteiger partial charge is 0.336 e. The lowest BCUT2D eigenvalue weighted by atomic mass is 9.80. The number of carbonyl (C=O) groups is 2. The van der Waals surface area contributed by atoms with E-state index in [-0.39, 0.29) is 5.78 Å². The van der Waals surface area contributed by atoms with E-state index in [9.17, 15) is 9.59 Å². The summed E-state index contributed by atoms with van der Waals surface area (Å²) in [6.45, 7) is 1.85. The molecule has 0 fully saturated rings. The molecule has 2 aliphatic rings. The first-order valence-corrected chi connectivity index (χ1v) is 9.30. The fourth-order valence-electron chi connectivity index (χ4n) is 3.70. The first-order valence-electron chi connectivity index (χ1n) is 8.22. The second kappa shape index (κ2) is 6.39. The van der Waals surface area contributed by atoms with E-state index < -0.39 is 11.9 Å². The predicted molar refractivity (Wildman–Crippen MR) is 107 cm³/mol. The van der Waals surface area contributed by atoms with Gasteiger partial charge in [-0.25, -0.2) is 4.79 Å². The van der Waals surface area contributed by atoms with E-state index in [0.717, 1.165) is 20.4 Å². The largest absolute Gasteiger partial charge is 0.466 e. The molecule has 0 radical (unpaired) electrons. The topological polar surface area (TPSA) is 55.4 Å². The first kappa shape index (κ1) is 17.0. The molecule has 4 nitrogen and oxygen atoms in total. The molecule has 0 amide bonds. The van der Waals surface area contributed by atoms with E-state index in [1.807, 2.05) is 55.5 Å². The molecular formula is C21H16INO3. The van der Waals surface area contributed by atoms with Crippen LogP contribution in [-0.4, -0.2) is 18.9 Å². The Balaban J connectivity index is 1.95. The molecule has 0 bridgehead atoms. The maximum Gasteiger partial charge on any atom is 0.336 e. The Morgan fingerprint density at radius 3 is 2.38 bits per heavy atom. The second-order valence-electron chi connectivity index (χ2n) is 6.30. The molecule has 2 aromatic rings. The molecular weight excluding hydrogens is 441 g/mol. The van der Waals surface area contributed by atoms with Crippen LogP contribution in [0.2, 0.25) is 0 Å². The van der Waals surface area contributed by atoms with Gasteiger partial charge >= 0.3 is 5.97 Å². The van der Waals surface area contributed by atoms with Crippen molar-refractivity contribution in [1.82, 2.24) is 5.32 Å². The third kappa shape index (κ3) is 2.49. The molecule has 26 heavy (non-hydrogen) atoms. The minimum atomic E-state index is -0.449. The van der Waals surface area contributed by atoms with Gasteiger partial charge in [-0.1, -0.05) is 36.4 Å². The van der Waals surface area contributed by atoms with E-state index in [0.29, 0.717) is 22.4 Å². The van der Waals surface area contributed by atoms with Gasteiger partial charge in [0.05, 0.1) is 18.4 Å². The van der Waals surface area contributed by atoms with Crippen molar-refractivity contribution in [3.63, 3.8) is 0 Å². The lowest BCUT2D eigenvalue weighted by molar-refractivity contribution is -0.136. The molecule has 0 aromatic heterocycles. The maximum absolute atomic E-state index is 13.2. The zero-order valence-electron chi connectivity index (χ0n) is 14.3. The average Bonchev–Trinajstić information content (AvgIpc) is 2.93. The van der Waals surface area contributed by atoms with Gasteiger partial charge in [-0.2, -0.15) is 0 Å². The molecule has 2 aromatic carbocycles. The van der Waals surface area contributed by atoms with Gasteiger partial charge in [-0.3, -0.25) is 4.79 Å². The number of methoxy groups -OCH3 is 1. The van der Waals surface area contributed by atoms with Crippen LogP contribution in [0, 0.1) is 3.57 Å². The Kier molecular flexibility index (Phi) is 4.19. The number of hydrogen-bond acceptors (Lipinski definition) is 4. The molecule has 1 atom stereocenters. The van der Waals surface area contributed by atoms with Crippen molar-refractivity contribution in [2.75, 3.05) is 7.11 Å². The summed E-state index contributed by atoms with van der Waals surface area (Å²) in [4.78, 5) is 25.7. The van der Waals surface area contributed by atoms with Crippen LogP contribution in [0.1, 0.15) is 34.3 Å². The lowest BCUT2D eigenvalue weighted by Gasteiger charge is -2.29. The molecule has 0 saturated carbocycles. The van der Waals surface area contributed by atoms with Crippen molar-refractivity contribution in [2.45, 2.75) is 12.8 Å². The zero-order chi connectivity index (χ0) is 18.4. The lowest BCUT2D eigenvalue weighted by Crippen LogP contribution is -2.29. The third-order valence-electron chi connectivity index (χ3n) is 4.86. The van der Waals surface area contributed by atoms with Crippen LogP contribution in [0.3, 0.4) is 0 Å². The minimum absolute atomic E-state index is 0.0412. The monoisotopic (exact) mass is 457 g/mol. The van der Waals surface area contributed by atoms with Gasteiger partial charge in [-0.15, -0.1) is 0 Å². The summed E-state index contributed by atoms with van der Waals surface area (Å²) in [5.74, 6) is -0.912. The van der Waals surface area contributed by atoms with Crippen LogP contribution in [-0.2, 0) is 9.53 Å². The number of hydrogen-bond donors (Lipinski definition) is 1. The van der Waals surface area contributed by atoms with Crippen molar-refractivity contribution in [2.24, 2.45) is 0 Å². The second-order valence-corrected chi connectivity index (χ2v) is 7.55. The standard InChI is InChI=1S/C21H16INO3/c1-11-16(21(25)26-2)17(12-7-9-13(22)10-8-12)18-19(23-11)14-5-3-4-6-15(14)20(18)24/h3-10,17,23H,1-2H3/t17-/m1/s1. The SMILES string of the molecule is COC(=O)C1=C(C)NC2=C(C(=O)c3ccccc32)[C@@H]1c1ccc(I)cc1. The van der Waals surface area contributed by atoms with E-state index in [4.69, 9.17) is 4.74 Å². The molecule has 0 unspecified atom stereocenters. The van der Waals surface area contributed by atoms with Crippen LogP contribution >= 0.6 is 22.6 Å². The van der Waals surface area contributed by atoms with Gasteiger partial charge in [0.15, 0.2) is 5.78 Å². The van der Waals surface area contributed by atoms with Crippen LogP contribution in [0.5, 0.6) is 0 Å². The van der Waals surface area contributed by atoms with Crippen molar-refractivity contribution in [3.8, 4) is 0 Å². The summed E-state index contributed by atoms with van der Waals surface area (Å²) >= 11 is 2.24. The average molecular weight is 457 g/mol. The number of Topliss-reactive ketones (excluding diaryl/α,β-unsaturated/α-hetero) is 1. The fraction of sp³-hybridized carbons (Fsp3) is 0.143. The van der Waals surface area contributed by atoms with Gasteiger partial charge in [0.1, 0.15) is 0 Å². The number of carbonyl (C=O) groups excluding carboxylic acids is 2. The fourth-order valence-corrected chi connectivity index (χ4v) is 4.06. The highest BCUT2D eigenvalue weighted by Gasteiger charge is 2.42. The van der Waals surface area contributed by atoms with Gasteiger partial charge < -0.3 is 10.1 Å². The Morgan fingerprint density at radius 1 is 1.08 bits per heavy atom. The van der Waals surface area contributed by atoms with Crippen LogP contribution < -0.4 is 5.32 Å². The van der Waals surface area contributed by atoms with Crippen molar-refractivity contribution in [1.29, 1.82) is 0 Å². The van der Waals surface area contributed by atoms with E-state index in [2.05, 4.69) is 27.9 Å². The number of rotatable bonds is 2. The Labute approximate surface area is 165 Å². The van der Waals surface area contributed by atoms with Gasteiger partial charge in [-0.05, 0) is 47.2 Å². The Morgan fingerprint density at radius 2 is 1.73 bits per heavy atom. The molecule has 1 aliphatic heterocycles.